The molecule has 0 saturated carbocycles. The van der Waals surface area contributed by atoms with Gasteiger partial charge >= 0.3 is 6.03 Å². The molecule has 1 heterocycles. The van der Waals surface area contributed by atoms with Gasteiger partial charge < -0.3 is 10.1 Å². The minimum atomic E-state index is -0.342. The van der Waals surface area contributed by atoms with Gasteiger partial charge in [-0.25, -0.2) is 9.48 Å². The zero-order valence-corrected chi connectivity index (χ0v) is 16.4. The standard InChI is InChI=1S/C21H30N4O2/c1-3-5-7-11-14-22-21(26)24-18-16-20(27-15-6-4-2)25(23-17-18)19-12-9-8-10-13-19/h8-10,12-13,16-17H,3-7,11,14-15H2,1-2H3,(H,22,26)/b24-18-. The highest BCUT2D eigenvalue weighted by Crippen LogP contribution is 2.14. The second-order valence-corrected chi connectivity index (χ2v) is 6.41. The summed E-state index contributed by atoms with van der Waals surface area (Å²) in [5, 5.41) is 7.73. The molecular formula is C21H30N4O2. The lowest BCUT2D eigenvalue weighted by atomic mass is 10.2. The normalized spacial score (nSPS) is 11.4. The number of nitrogens with zero attached hydrogens (tertiary/aromatic N) is 3. The molecule has 6 heteroatoms. The van der Waals surface area contributed by atoms with Crippen LogP contribution in [-0.2, 0) is 0 Å². The molecule has 0 aliphatic rings. The summed E-state index contributed by atoms with van der Waals surface area (Å²) in [6, 6.07) is 11.2. The van der Waals surface area contributed by atoms with Crippen LogP contribution in [-0.4, -0.2) is 29.0 Å². The van der Waals surface area contributed by atoms with Crippen molar-refractivity contribution in [2.24, 2.45) is 4.99 Å². The number of carbonyl (C=O) groups excluding carboxylic acids is 1. The number of aromatic nitrogens is 2. The van der Waals surface area contributed by atoms with Crippen LogP contribution < -0.4 is 15.4 Å². The van der Waals surface area contributed by atoms with E-state index in [4.69, 9.17) is 4.74 Å². The van der Waals surface area contributed by atoms with Crippen LogP contribution >= 0.6 is 0 Å². The molecule has 1 N–H and O–H groups in total. The number of amides is 2. The number of ether oxygens (including phenoxy) is 1. The Kier molecular flexibility index (Phi) is 9.10. The molecule has 1 aromatic carbocycles. The Hall–Kier alpha value is -2.63. The molecule has 6 nitrogen and oxygen atoms in total. The quantitative estimate of drug-likeness (QED) is 0.636. The fourth-order valence-corrected chi connectivity index (χ4v) is 2.55. The number of benzene rings is 1. The molecule has 1 aromatic heterocycles. The van der Waals surface area contributed by atoms with Crippen molar-refractivity contribution in [1.29, 1.82) is 0 Å². The summed E-state index contributed by atoms with van der Waals surface area (Å²) in [5.41, 5.74) is 0.899. The molecule has 0 radical (unpaired) electrons. The highest BCUT2D eigenvalue weighted by molar-refractivity contribution is 5.74. The van der Waals surface area contributed by atoms with Crippen LogP contribution in [0.4, 0.5) is 4.79 Å². The summed E-state index contributed by atoms with van der Waals surface area (Å²) < 4.78 is 7.61. The Labute approximate surface area is 161 Å². The maximum absolute atomic E-state index is 12.0. The lowest BCUT2D eigenvalue weighted by Crippen LogP contribution is -2.24. The summed E-state index contributed by atoms with van der Waals surface area (Å²) in [5.74, 6) is 0.576. The molecule has 0 unspecified atom stereocenters. The van der Waals surface area contributed by atoms with Gasteiger partial charge in [-0.2, -0.15) is 10.1 Å². The molecule has 146 valence electrons. The van der Waals surface area contributed by atoms with Crippen LogP contribution in [0.5, 0.6) is 5.88 Å². The fourth-order valence-electron chi connectivity index (χ4n) is 2.55. The minimum Gasteiger partial charge on any atom is -0.478 e. The molecule has 0 aliphatic heterocycles. The third kappa shape index (κ3) is 7.25. The lowest BCUT2D eigenvalue weighted by molar-refractivity contribution is 0.248. The van der Waals surface area contributed by atoms with Crippen molar-refractivity contribution in [2.45, 2.75) is 52.4 Å². The Bertz CT molecular complexity index is 756. The molecular weight excluding hydrogens is 340 g/mol. The van der Waals surface area contributed by atoms with Gasteiger partial charge in [0.15, 0.2) is 0 Å². The van der Waals surface area contributed by atoms with E-state index in [1.807, 2.05) is 30.3 Å². The average molecular weight is 370 g/mol. The summed E-state index contributed by atoms with van der Waals surface area (Å²) in [7, 11) is 0. The van der Waals surface area contributed by atoms with Gasteiger partial charge in [-0.1, -0.05) is 57.7 Å². The van der Waals surface area contributed by atoms with Crippen molar-refractivity contribution in [1.82, 2.24) is 15.1 Å². The van der Waals surface area contributed by atoms with E-state index in [9.17, 15) is 4.79 Å². The SMILES string of the molecule is CCCCCCNC(=O)/N=c1\cnn(-c2ccccc2)c(OCCCC)c1. The molecule has 0 fully saturated rings. The zero-order valence-electron chi connectivity index (χ0n) is 16.4. The third-order valence-corrected chi connectivity index (χ3v) is 4.07. The van der Waals surface area contributed by atoms with E-state index in [1.54, 1.807) is 16.9 Å². The predicted molar refractivity (Wildman–Crippen MR) is 107 cm³/mol. The van der Waals surface area contributed by atoms with Gasteiger partial charge in [0.25, 0.3) is 0 Å². The summed E-state index contributed by atoms with van der Waals surface area (Å²) in [4.78, 5) is 16.1. The van der Waals surface area contributed by atoms with Crippen LogP contribution in [0, 0.1) is 0 Å². The van der Waals surface area contributed by atoms with Crippen LogP contribution in [0.1, 0.15) is 52.4 Å². The Balaban J connectivity index is 2.12. The van der Waals surface area contributed by atoms with Crippen molar-refractivity contribution in [3.05, 3.63) is 48.0 Å². The maximum atomic E-state index is 12.0. The Morgan fingerprint density at radius 2 is 1.89 bits per heavy atom. The van der Waals surface area contributed by atoms with Crippen molar-refractivity contribution in [2.75, 3.05) is 13.2 Å². The van der Waals surface area contributed by atoms with Gasteiger partial charge in [-0.3, -0.25) is 0 Å². The summed E-state index contributed by atoms with van der Waals surface area (Å²) in [6.45, 7) is 5.52. The van der Waals surface area contributed by atoms with E-state index >= 15 is 0 Å². The molecule has 0 spiro atoms. The van der Waals surface area contributed by atoms with Crippen molar-refractivity contribution < 1.29 is 9.53 Å². The maximum Gasteiger partial charge on any atom is 0.341 e. The number of hydrogen-bond donors (Lipinski definition) is 1. The molecule has 0 bridgehead atoms. The number of carbonyl (C=O) groups is 1. The third-order valence-electron chi connectivity index (χ3n) is 4.07. The van der Waals surface area contributed by atoms with Crippen LogP contribution in [0.25, 0.3) is 5.69 Å². The van der Waals surface area contributed by atoms with Gasteiger partial charge in [0.05, 0.1) is 23.8 Å². The molecule has 2 amide bonds. The summed E-state index contributed by atoms with van der Waals surface area (Å²) in [6.07, 6.45) is 8.04. The van der Waals surface area contributed by atoms with E-state index in [0.717, 1.165) is 31.4 Å². The van der Waals surface area contributed by atoms with Gasteiger partial charge in [0.1, 0.15) is 0 Å². The van der Waals surface area contributed by atoms with E-state index in [1.165, 1.54) is 12.8 Å². The fraction of sp³-hybridized carbons (Fsp3) is 0.476. The molecule has 2 aromatic rings. The number of rotatable bonds is 10. The highest BCUT2D eigenvalue weighted by Gasteiger charge is 2.06. The van der Waals surface area contributed by atoms with Gasteiger partial charge in [0, 0.05) is 12.6 Å². The number of unbranched alkanes of at least 4 members (excludes halogenated alkanes) is 4. The number of para-hydroxylation sites is 1. The topological polar surface area (TPSA) is 68.5 Å². The first-order chi connectivity index (χ1) is 13.2. The molecule has 0 aliphatic carbocycles. The highest BCUT2D eigenvalue weighted by atomic mass is 16.5. The second-order valence-electron chi connectivity index (χ2n) is 6.41. The van der Waals surface area contributed by atoms with Crippen LogP contribution in [0.3, 0.4) is 0 Å². The van der Waals surface area contributed by atoms with Crippen LogP contribution in [0.15, 0.2) is 47.6 Å². The number of nitrogens with one attached hydrogen (secondary N) is 1. The molecule has 0 saturated heterocycles. The van der Waals surface area contributed by atoms with E-state index in [-0.39, 0.29) is 6.03 Å². The first-order valence-electron chi connectivity index (χ1n) is 9.84. The first kappa shape index (κ1) is 20.7. The lowest BCUT2D eigenvalue weighted by Gasteiger charge is -2.13. The number of hydrogen-bond acceptors (Lipinski definition) is 3. The van der Waals surface area contributed by atoms with Crippen molar-refractivity contribution in [3.8, 4) is 11.6 Å². The van der Waals surface area contributed by atoms with E-state index < -0.39 is 0 Å². The molecule has 0 atom stereocenters. The molecule has 2 rings (SSSR count). The first-order valence-corrected chi connectivity index (χ1v) is 9.84. The molecule has 27 heavy (non-hydrogen) atoms. The number of urea groups is 1. The van der Waals surface area contributed by atoms with Gasteiger partial charge in [0.2, 0.25) is 5.88 Å². The monoisotopic (exact) mass is 370 g/mol. The van der Waals surface area contributed by atoms with Crippen LogP contribution in [0.2, 0.25) is 0 Å². The second kappa shape index (κ2) is 11.9. The van der Waals surface area contributed by atoms with E-state index in [2.05, 4.69) is 29.3 Å². The average Bonchev–Trinajstić information content (AvgIpc) is 2.69. The Morgan fingerprint density at radius 3 is 2.63 bits per heavy atom. The largest absolute Gasteiger partial charge is 0.478 e. The van der Waals surface area contributed by atoms with E-state index in [0.29, 0.717) is 24.4 Å². The summed E-state index contributed by atoms with van der Waals surface area (Å²) >= 11 is 0. The van der Waals surface area contributed by atoms with Gasteiger partial charge in [-0.05, 0) is 25.0 Å². The minimum absolute atomic E-state index is 0.342. The Morgan fingerprint density at radius 1 is 1.11 bits per heavy atom. The van der Waals surface area contributed by atoms with Gasteiger partial charge in [-0.15, -0.1) is 0 Å². The smallest absolute Gasteiger partial charge is 0.341 e. The van der Waals surface area contributed by atoms with Crippen molar-refractivity contribution in [3.63, 3.8) is 0 Å². The van der Waals surface area contributed by atoms with Crippen molar-refractivity contribution >= 4 is 6.03 Å². The zero-order chi connectivity index (χ0) is 19.3. The predicted octanol–water partition coefficient (Wildman–Crippen LogP) is 4.24.